The van der Waals surface area contributed by atoms with Crippen LogP contribution in [0.3, 0.4) is 0 Å². The lowest BCUT2D eigenvalue weighted by Crippen LogP contribution is -2.40. The van der Waals surface area contributed by atoms with E-state index in [1.165, 1.54) is 22.6 Å². The highest BCUT2D eigenvalue weighted by atomic mass is 32.2. The number of amides is 1. The molecular weight excluding hydrogens is 376 g/mol. The quantitative estimate of drug-likeness (QED) is 0.820. The van der Waals surface area contributed by atoms with Gasteiger partial charge in [-0.2, -0.15) is 4.31 Å². The lowest BCUT2D eigenvalue weighted by Gasteiger charge is -2.26. The van der Waals surface area contributed by atoms with Crippen LogP contribution in [0.25, 0.3) is 0 Å². The second kappa shape index (κ2) is 7.78. The van der Waals surface area contributed by atoms with Gasteiger partial charge in [0.25, 0.3) is 0 Å². The molecule has 1 fully saturated rings. The van der Waals surface area contributed by atoms with Gasteiger partial charge in [-0.05, 0) is 24.1 Å². The van der Waals surface area contributed by atoms with Crippen molar-refractivity contribution in [1.82, 2.24) is 14.5 Å². The molecule has 0 aliphatic carbocycles. The number of hydrogen-bond acceptors (Lipinski definition) is 7. The first-order valence-electron chi connectivity index (χ1n) is 8.13. The summed E-state index contributed by atoms with van der Waals surface area (Å²) in [7, 11) is -3.55. The minimum Gasteiger partial charge on any atom is -0.379 e. The fourth-order valence-corrected chi connectivity index (χ4v) is 5.16. The van der Waals surface area contributed by atoms with Crippen LogP contribution in [0, 0.1) is 6.92 Å². The van der Waals surface area contributed by atoms with E-state index in [1.54, 1.807) is 19.1 Å². The van der Waals surface area contributed by atoms with Crippen molar-refractivity contribution < 1.29 is 17.9 Å². The van der Waals surface area contributed by atoms with Gasteiger partial charge in [0.15, 0.2) is 0 Å². The van der Waals surface area contributed by atoms with Gasteiger partial charge < -0.3 is 10.1 Å². The number of sulfonamides is 1. The Morgan fingerprint density at radius 2 is 2.04 bits per heavy atom. The van der Waals surface area contributed by atoms with Gasteiger partial charge in [0.1, 0.15) is 5.01 Å². The number of aromatic nitrogens is 2. The van der Waals surface area contributed by atoms with Crippen molar-refractivity contribution in [2.24, 2.45) is 0 Å². The van der Waals surface area contributed by atoms with E-state index in [4.69, 9.17) is 4.74 Å². The summed E-state index contributed by atoms with van der Waals surface area (Å²) in [5.41, 5.74) is 1.53. The topological polar surface area (TPSA) is 101 Å². The molecule has 10 heteroatoms. The van der Waals surface area contributed by atoms with Crippen LogP contribution in [0.2, 0.25) is 0 Å². The summed E-state index contributed by atoms with van der Waals surface area (Å²) < 4.78 is 32.6. The molecule has 1 saturated heterocycles. The van der Waals surface area contributed by atoms with Gasteiger partial charge in [0, 0.05) is 26.4 Å². The Bertz CT molecular complexity index is 905. The van der Waals surface area contributed by atoms with Crippen LogP contribution in [0.5, 0.6) is 0 Å². The summed E-state index contributed by atoms with van der Waals surface area (Å²) in [6.45, 7) is 4.75. The average Bonchev–Trinajstić information content (AvgIpc) is 3.03. The highest BCUT2D eigenvalue weighted by Gasteiger charge is 2.28. The maximum absolute atomic E-state index is 12.9. The standard InChI is InChI=1S/C16H20N4O4S2/c1-11-3-4-13(10-15-18-19-16(25-15)17-12(2)21)9-14(11)26(22,23)20-5-7-24-8-6-20/h3-4,9H,5-8,10H2,1-2H3,(H,17,19,21). The molecule has 0 atom stereocenters. The van der Waals surface area contributed by atoms with Crippen molar-refractivity contribution in [1.29, 1.82) is 0 Å². The first kappa shape index (κ1) is 18.9. The Morgan fingerprint density at radius 3 is 2.73 bits per heavy atom. The Morgan fingerprint density at radius 1 is 1.31 bits per heavy atom. The normalized spacial score (nSPS) is 15.8. The largest absolute Gasteiger partial charge is 0.379 e. The Hall–Kier alpha value is -1.88. The predicted molar refractivity (Wildman–Crippen MR) is 97.8 cm³/mol. The fraction of sp³-hybridized carbons (Fsp3) is 0.438. The molecule has 140 valence electrons. The monoisotopic (exact) mass is 396 g/mol. The van der Waals surface area contributed by atoms with E-state index in [-0.39, 0.29) is 5.91 Å². The van der Waals surface area contributed by atoms with E-state index in [1.807, 2.05) is 6.07 Å². The number of hydrogen-bond donors (Lipinski definition) is 1. The zero-order chi connectivity index (χ0) is 18.7. The predicted octanol–water partition coefficient (Wildman–Crippen LogP) is 1.42. The Balaban J connectivity index is 1.83. The molecular formula is C16H20N4O4S2. The van der Waals surface area contributed by atoms with Gasteiger partial charge in [-0.1, -0.05) is 23.5 Å². The number of carbonyl (C=O) groups excluding carboxylic acids is 1. The van der Waals surface area contributed by atoms with Crippen molar-refractivity contribution in [3.8, 4) is 0 Å². The molecule has 2 aromatic rings. The molecule has 26 heavy (non-hydrogen) atoms. The first-order valence-corrected chi connectivity index (χ1v) is 10.4. The molecule has 0 radical (unpaired) electrons. The molecule has 1 aliphatic heterocycles. The van der Waals surface area contributed by atoms with Gasteiger partial charge in [0.05, 0.1) is 18.1 Å². The molecule has 1 amide bonds. The van der Waals surface area contributed by atoms with E-state index in [0.29, 0.717) is 53.3 Å². The van der Waals surface area contributed by atoms with E-state index in [9.17, 15) is 13.2 Å². The molecule has 1 aromatic heterocycles. The smallest absolute Gasteiger partial charge is 0.243 e. The van der Waals surface area contributed by atoms with Crippen LogP contribution in [0.15, 0.2) is 23.1 Å². The SMILES string of the molecule is CC(=O)Nc1nnc(Cc2ccc(C)c(S(=O)(=O)N3CCOCC3)c2)s1. The molecule has 1 aliphatic rings. The summed E-state index contributed by atoms with van der Waals surface area (Å²) in [5.74, 6) is -0.207. The Labute approximate surface area is 156 Å². The molecule has 0 saturated carbocycles. The number of carbonyl (C=O) groups is 1. The van der Waals surface area contributed by atoms with Crippen LogP contribution < -0.4 is 5.32 Å². The number of rotatable bonds is 5. The van der Waals surface area contributed by atoms with E-state index in [0.717, 1.165) is 5.56 Å². The third-order valence-electron chi connectivity index (χ3n) is 3.95. The van der Waals surface area contributed by atoms with Crippen molar-refractivity contribution in [2.45, 2.75) is 25.2 Å². The lowest BCUT2D eigenvalue weighted by molar-refractivity contribution is -0.114. The molecule has 1 N–H and O–H groups in total. The number of morpholine rings is 1. The van der Waals surface area contributed by atoms with Crippen molar-refractivity contribution in [3.63, 3.8) is 0 Å². The molecule has 2 heterocycles. The summed E-state index contributed by atoms with van der Waals surface area (Å²) >= 11 is 1.27. The van der Waals surface area contributed by atoms with E-state index < -0.39 is 10.0 Å². The molecule has 3 rings (SSSR count). The number of nitrogens with one attached hydrogen (secondary N) is 1. The summed E-state index contributed by atoms with van der Waals surface area (Å²) in [6.07, 6.45) is 0.448. The average molecular weight is 396 g/mol. The zero-order valence-electron chi connectivity index (χ0n) is 14.6. The molecule has 0 bridgehead atoms. The highest BCUT2D eigenvalue weighted by molar-refractivity contribution is 7.89. The fourth-order valence-electron chi connectivity index (χ4n) is 2.66. The van der Waals surface area contributed by atoms with Crippen LogP contribution >= 0.6 is 11.3 Å². The van der Waals surface area contributed by atoms with E-state index >= 15 is 0 Å². The third-order valence-corrected chi connectivity index (χ3v) is 6.82. The van der Waals surface area contributed by atoms with Gasteiger partial charge >= 0.3 is 0 Å². The zero-order valence-corrected chi connectivity index (χ0v) is 16.2. The molecule has 1 aromatic carbocycles. The summed E-state index contributed by atoms with van der Waals surface area (Å²) in [6, 6.07) is 5.38. The lowest BCUT2D eigenvalue weighted by atomic mass is 10.1. The van der Waals surface area contributed by atoms with E-state index in [2.05, 4.69) is 15.5 Å². The van der Waals surface area contributed by atoms with Crippen molar-refractivity contribution in [3.05, 3.63) is 34.3 Å². The van der Waals surface area contributed by atoms with Crippen LogP contribution in [0.1, 0.15) is 23.1 Å². The number of aryl methyl sites for hydroxylation is 1. The maximum Gasteiger partial charge on any atom is 0.243 e. The van der Waals surface area contributed by atoms with Gasteiger partial charge in [-0.25, -0.2) is 8.42 Å². The highest BCUT2D eigenvalue weighted by Crippen LogP contribution is 2.25. The Kier molecular flexibility index (Phi) is 5.66. The maximum atomic E-state index is 12.9. The molecule has 0 spiro atoms. The summed E-state index contributed by atoms with van der Waals surface area (Å²) in [4.78, 5) is 11.4. The van der Waals surface area contributed by atoms with Crippen LogP contribution in [-0.2, 0) is 26.0 Å². The first-order chi connectivity index (χ1) is 12.4. The number of ether oxygens (including phenoxy) is 1. The summed E-state index contributed by atoms with van der Waals surface area (Å²) in [5, 5.41) is 11.7. The van der Waals surface area contributed by atoms with Gasteiger partial charge in [-0.3, -0.25) is 4.79 Å². The number of anilines is 1. The van der Waals surface area contributed by atoms with Gasteiger partial charge in [0.2, 0.25) is 21.1 Å². The minimum atomic E-state index is -3.55. The van der Waals surface area contributed by atoms with Crippen LogP contribution in [0.4, 0.5) is 5.13 Å². The number of benzene rings is 1. The third kappa shape index (κ3) is 4.26. The second-order valence-electron chi connectivity index (χ2n) is 5.98. The molecule has 8 nitrogen and oxygen atoms in total. The molecule has 0 unspecified atom stereocenters. The van der Waals surface area contributed by atoms with Crippen molar-refractivity contribution in [2.75, 3.05) is 31.6 Å². The van der Waals surface area contributed by atoms with Gasteiger partial charge in [-0.15, -0.1) is 10.2 Å². The number of nitrogens with zero attached hydrogens (tertiary/aromatic N) is 3. The second-order valence-corrected chi connectivity index (χ2v) is 8.94. The van der Waals surface area contributed by atoms with Crippen molar-refractivity contribution >= 4 is 32.4 Å². The van der Waals surface area contributed by atoms with Crippen LogP contribution in [-0.4, -0.2) is 55.1 Å². The minimum absolute atomic E-state index is 0.207.